The highest BCUT2D eigenvalue weighted by Gasteiger charge is 2.15. The summed E-state index contributed by atoms with van der Waals surface area (Å²) in [5, 5.41) is 0.624. The van der Waals surface area contributed by atoms with Crippen LogP contribution < -0.4 is 5.73 Å². The van der Waals surface area contributed by atoms with E-state index in [0.717, 1.165) is 25.7 Å². The number of nitrogens with two attached hydrogens (primary N) is 1. The maximum atomic E-state index is 6.26. The molecule has 20 heavy (non-hydrogen) atoms. The molecule has 0 bridgehead atoms. The number of aryl methyl sites for hydroxylation is 1. The van der Waals surface area contributed by atoms with Gasteiger partial charge in [-0.1, -0.05) is 27.5 Å². The second kappa shape index (κ2) is 5.06. The molecule has 102 valence electrons. The van der Waals surface area contributed by atoms with E-state index in [1.54, 1.807) is 0 Å². The van der Waals surface area contributed by atoms with Crippen LogP contribution in [0.5, 0.6) is 0 Å². The molecule has 2 N–H and O–H groups in total. The maximum Gasteiger partial charge on any atom is 0.139 e. The monoisotopic (exact) mass is 413 g/mol. The molecule has 1 aromatic carbocycles. The SMILES string of the molecule is Cc1cc2nc(-c3cc(Br)ccc3Cl)c(N)n2cc1Br. The first-order valence-corrected chi connectivity index (χ1v) is 7.83. The van der Waals surface area contributed by atoms with Gasteiger partial charge in [0.1, 0.15) is 17.2 Å². The quantitative estimate of drug-likeness (QED) is 0.603. The predicted molar refractivity (Wildman–Crippen MR) is 90.2 cm³/mol. The fourth-order valence-corrected chi connectivity index (χ4v) is 2.94. The molecule has 6 heteroatoms. The normalized spacial score (nSPS) is 11.2. The third-order valence-electron chi connectivity index (χ3n) is 3.12. The maximum absolute atomic E-state index is 6.26. The minimum Gasteiger partial charge on any atom is -0.383 e. The highest BCUT2D eigenvalue weighted by molar-refractivity contribution is 9.10. The second-order valence-corrected chi connectivity index (χ2v) is 6.68. The van der Waals surface area contributed by atoms with Gasteiger partial charge in [0, 0.05) is 20.7 Å². The molecule has 0 spiro atoms. The molecule has 2 aromatic heterocycles. The lowest BCUT2D eigenvalue weighted by molar-refractivity contribution is 1.16. The van der Waals surface area contributed by atoms with Crippen molar-refractivity contribution < 1.29 is 0 Å². The number of hydrogen-bond donors (Lipinski definition) is 1. The van der Waals surface area contributed by atoms with Crippen molar-refractivity contribution in [2.75, 3.05) is 5.73 Å². The topological polar surface area (TPSA) is 43.3 Å². The van der Waals surface area contributed by atoms with E-state index < -0.39 is 0 Å². The first-order valence-electron chi connectivity index (χ1n) is 5.86. The Morgan fingerprint density at radius 3 is 2.75 bits per heavy atom. The van der Waals surface area contributed by atoms with Crippen LogP contribution in [0.15, 0.2) is 39.4 Å². The third-order valence-corrected chi connectivity index (χ3v) is 4.78. The van der Waals surface area contributed by atoms with Gasteiger partial charge in [-0.15, -0.1) is 0 Å². The number of halogens is 3. The van der Waals surface area contributed by atoms with E-state index in [0.29, 0.717) is 16.5 Å². The smallest absolute Gasteiger partial charge is 0.139 e. The summed E-state index contributed by atoms with van der Waals surface area (Å²) in [4.78, 5) is 4.60. The summed E-state index contributed by atoms with van der Waals surface area (Å²) < 4.78 is 3.77. The molecule has 0 aliphatic heterocycles. The van der Waals surface area contributed by atoms with Crippen molar-refractivity contribution >= 4 is 54.9 Å². The van der Waals surface area contributed by atoms with Crippen LogP contribution >= 0.6 is 43.5 Å². The summed E-state index contributed by atoms with van der Waals surface area (Å²) in [6, 6.07) is 7.61. The minimum absolute atomic E-state index is 0.570. The molecule has 0 radical (unpaired) electrons. The van der Waals surface area contributed by atoms with Crippen LogP contribution in [-0.2, 0) is 0 Å². The Hall–Kier alpha value is -1.04. The average molecular weight is 416 g/mol. The lowest BCUT2D eigenvalue weighted by Gasteiger charge is -2.03. The molecule has 0 atom stereocenters. The van der Waals surface area contributed by atoms with Crippen molar-refractivity contribution in [3.8, 4) is 11.3 Å². The van der Waals surface area contributed by atoms with E-state index in [1.807, 2.05) is 41.8 Å². The summed E-state index contributed by atoms with van der Waals surface area (Å²) in [6.45, 7) is 2.01. The Labute approximate surface area is 138 Å². The Morgan fingerprint density at radius 1 is 1.25 bits per heavy atom. The number of pyridine rings is 1. The fourth-order valence-electron chi connectivity index (χ4n) is 2.06. The highest BCUT2D eigenvalue weighted by Crippen LogP contribution is 2.34. The Kier molecular flexibility index (Phi) is 3.52. The zero-order valence-corrected chi connectivity index (χ0v) is 14.4. The molecule has 3 nitrogen and oxygen atoms in total. The summed E-state index contributed by atoms with van der Waals surface area (Å²) in [6.07, 6.45) is 1.92. The summed E-state index contributed by atoms with van der Waals surface area (Å²) >= 11 is 13.2. The van der Waals surface area contributed by atoms with E-state index in [4.69, 9.17) is 17.3 Å². The molecule has 0 aliphatic carbocycles. The van der Waals surface area contributed by atoms with Crippen LogP contribution in [0.25, 0.3) is 16.9 Å². The number of anilines is 1. The highest BCUT2D eigenvalue weighted by atomic mass is 79.9. The summed E-state index contributed by atoms with van der Waals surface area (Å²) in [5.74, 6) is 0.570. The molecular weight excluding hydrogens is 405 g/mol. The van der Waals surface area contributed by atoms with Crippen LogP contribution in [0.3, 0.4) is 0 Å². The number of hydrogen-bond acceptors (Lipinski definition) is 2. The van der Waals surface area contributed by atoms with Gasteiger partial charge >= 0.3 is 0 Å². The van der Waals surface area contributed by atoms with Gasteiger partial charge in [-0.25, -0.2) is 4.98 Å². The molecular formula is C14H10Br2ClN3. The zero-order valence-electron chi connectivity index (χ0n) is 10.5. The molecule has 0 saturated carbocycles. The van der Waals surface area contributed by atoms with E-state index in [1.165, 1.54) is 0 Å². The fraction of sp³-hybridized carbons (Fsp3) is 0.0714. The van der Waals surface area contributed by atoms with E-state index in [-0.39, 0.29) is 0 Å². The molecule has 0 unspecified atom stereocenters. The van der Waals surface area contributed by atoms with E-state index in [2.05, 4.69) is 36.8 Å². The Morgan fingerprint density at radius 2 is 2.00 bits per heavy atom. The summed E-state index contributed by atoms with van der Waals surface area (Å²) in [7, 11) is 0. The van der Waals surface area contributed by atoms with E-state index in [9.17, 15) is 0 Å². The van der Waals surface area contributed by atoms with Gasteiger partial charge in [-0.2, -0.15) is 0 Å². The molecule has 0 aliphatic rings. The van der Waals surface area contributed by atoms with Gasteiger partial charge in [-0.3, -0.25) is 4.40 Å². The number of benzene rings is 1. The van der Waals surface area contributed by atoms with Crippen molar-refractivity contribution in [1.29, 1.82) is 0 Å². The van der Waals surface area contributed by atoms with Crippen LogP contribution in [-0.4, -0.2) is 9.38 Å². The average Bonchev–Trinajstić information content (AvgIpc) is 2.70. The Balaban J connectivity index is 2.32. The van der Waals surface area contributed by atoms with Crippen LogP contribution in [0, 0.1) is 6.92 Å². The number of fused-ring (bicyclic) bond motifs is 1. The van der Waals surface area contributed by atoms with Gasteiger partial charge in [0.2, 0.25) is 0 Å². The molecule has 3 aromatic rings. The van der Waals surface area contributed by atoms with Crippen LogP contribution in [0.1, 0.15) is 5.56 Å². The van der Waals surface area contributed by atoms with Crippen LogP contribution in [0.2, 0.25) is 5.02 Å². The predicted octanol–water partition coefficient (Wildman–Crippen LogP) is 5.07. The number of nitrogens with zero attached hydrogens (tertiary/aromatic N) is 2. The molecule has 0 saturated heterocycles. The van der Waals surface area contributed by atoms with Crippen molar-refractivity contribution in [3.63, 3.8) is 0 Å². The summed E-state index contributed by atoms with van der Waals surface area (Å²) in [5.41, 5.74) is 9.63. The largest absolute Gasteiger partial charge is 0.383 e. The van der Waals surface area contributed by atoms with Gasteiger partial charge in [-0.05, 0) is 52.7 Å². The number of rotatable bonds is 1. The molecule has 3 rings (SSSR count). The lowest BCUT2D eigenvalue weighted by Crippen LogP contribution is -1.95. The van der Waals surface area contributed by atoms with Crippen molar-refractivity contribution in [3.05, 3.63) is 50.0 Å². The van der Waals surface area contributed by atoms with Crippen LogP contribution in [0.4, 0.5) is 5.82 Å². The van der Waals surface area contributed by atoms with E-state index >= 15 is 0 Å². The first kappa shape index (κ1) is 13.9. The molecule has 0 fully saturated rings. The number of nitrogen functional groups attached to an aromatic ring is 1. The lowest BCUT2D eigenvalue weighted by atomic mass is 10.1. The third kappa shape index (κ3) is 2.24. The van der Waals surface area contributed by atoms with Gasteiger partial charge in [0.25, 0.3) is 0 Å². The Bertz CT molecular complexity index is 827. The van der Waals surface area contributed by atoms with Gasteiger partial charge < -0.3 is 5.73 Å². The number of aromatic nitrogens is 2. The molecule has 2 heterocycles. The van der Waals surface area contributed by atoms with Crippen molar-refractivity contribution in [1.82, 2.24) is 9.38 Å². The van der Waals surface area contributed by atoms with Crippen molar-refractivity contribution in [2.24, 2.45) is 0 Å². The number of imidazole rings is 1. The first-order chi connectivity index (χ1) is 9.47. The minimum atomic E-state index is 0.570. The zero-order chi connectivity index (χ0) is 14.4. The van der Waals surface area contributed by atoms with Crippen molar-refractivity contribution in [2.45, 2.75) is 6.92 Å². The van der Waals surface area contributed by atoms with Gasteiger partial charge in [0.05, 0.1) is 5.02 Å². The van der Waals surface area contributed by atoms with Gasteiger partial charge in [0.15, 0.2) is 0 Å². The second-order valence-electron chi connectivity index (χ2n) is 4.50. The molecule has 0 amide bonds. The standard InChI is InChI=1S/C14H10Br2ClN3/c1-7-4-12-19-13(14(18)20(12)6-10(7)16)9-5-8(15)2-3-11(9)17/h2-6H,18H2,1H3.